The van der Waals surface area contributed by atoms with Gasteiger partial charge in [-0.2, -0.15) is 0 Å². The SMILES string of the molecule is CCCCN1C(=O)[C@@H](CC2(O)CCCCC2)NC(=O)C12CCN(CCCOCc1ccccc1)CC2. The van der Waals surface area contributed by atoms with Gasteiger partial charge in [0.2, 0.25) is 11.8 Å². The predicted octanol–water partition coefficient (Wildman–Crippen LogP) is 3.64. The molecule has 3 aliphatic rings. The van der Waals surface area contributed by atoms with Gasteiger partial charge in [-0.3, -0.25) is 9.59 Å². The van der Waals surface area contributed by atoms with Gasteiger partial charge in [0.25, 0.3) is 0 Å². The number of aliphatic hydroxyl groups is 1. The molecule has 3 fully saturated rings. The zero-order valence-corrected chi connectivity index (χ0v) is 22.1. The molecule has 0 radical (unpaired) electrons. The quantitative estimate of drug-likeness (QED) is 0.455. The Morgan fingerprint density at radius 3 is 2.42 bits per heavy atom. The number of amides is 2. The van der Waals surface area contributed by atoms with Crippen molar-refractivity contribution in [1.29, 1.82) is 0 Å². The van der Waals surface area contributed by atoms with E-state index in [1.54, 1.807) is 0 Å². The predicted molar refractivity (Wildman–Crippen MR) is 140 cm³/mol. The highest BCUT2D eigenvalue weighted by Crippen LogP contribution is 2.37. The second kappa shape index (κ2) is 12.5. The molecule has 2 N–H and O–H groups in total. The summed E-state index contributed by atoms with van der Waals surface area (Å²) < 4.78 is 5.83. The van der Waals surface area contributed by atoms with Crippen molar-refractivity contribution in [3.63, 3.8) is 0 Å². The highest BCUT2D eigenvalue weighted by Gasteiger charge is 2.54. The molecule has 7 heteroatoms. The standard InChI is InChI=1S/C29H45N3O4/c1-2-3-18-32-26(33)25(22-28(35)13-8-5-9-14-28)30-27(34)29(32)15-19-31(20-16-29)17-10-21-36-23-24-11-6-4-7-12-24/h4,6-7,11-12,25,35H,2-3,5,8-10,13-23H2,1H3,(H,30,34)/t25-/m1/s1. The van der Waals surface area contributed by atoms with E-state index in [9.17, 15) is 14.7 Å². The van der Waals surface area contributed by atoms with E-state index in [4.69, 9.17) is 4.74 Å². The summed E-state index contributed by atoms with van der Waals surface area (Å²) in [6, 6.07) is 9.60. The average Bonchev–Trinajstić information content (AvgIpc) is 2.89. The van der Waals surface area contributed by atoms with Gasteiger partial charge in [0.05, 0.1) is 12.2 Å². The number of hydrogen-bond acceptors (Lipinski definition) is 5. The number of nitrogens with zero attached hydrogens (tertiary/aromatic N) is 2. The summed E-state index contributed by atoms with van der Waals surface area (Å²) in [4.78, 5) is 31.5. The summed E-state index contributed by atoms with van der Waals surface area (Å²) in [6.07, 6.45) is 9.03. The number of piperidine rings is 1. The van der Waals surface area contributed by atoms with Crippen LogP contribution in [0.25, 0.3) is 0 Å². The topological polar surface area (TPSA) is 82.1 Å². The maximum absolute atomic E-state index is 13.7. The summed E-state index contributed by atoms with van der Waals surface area (Å²) in [6.45, 7) is 6.62. The second-order valence-corrected chi connectivity index (χ2v) is 11.1. The van der Waals surface area contributed by atoms with E-state index in [0.29, 0.717) is 39.0 Å². The van der Waals surface area contributed by atoms with E-state index in [0.717, 1.165) is 71.0 Å². The van der Waals surface area contributed by atoms with Crippen LogP contribution in [-0.4, -0.2) is 76.7 Å². The molecule has 2 aliphatic heterocycles. The van der Waals surface area contributed by atoms with Gasteiger partial charge in [-0.25, -0.2) is 0 Å². The number of piperazine rings is 1. The maximum Gasteiger partial charge on any atom is 0.246 e. The summed E-state index contributed by atoms with van der Waals surface area (Å²) >= 11 is 0. The molecule has 1 aliphatic carbocycles. The van der Waals surface area contributed by atoms with E-state index < -0.39 is 17.2 Å². The van der Waals surface area contributed by atoms with Gasteiger partial charge >= 0.3 is 0 Å². The molecule has 36 heavy (non-hydrogen) atoms. The molecule has 0 aromatic heterocycles. The van der Waals surface area contributed by atoms with Gasteiger partial charge in [0.15, 0.2) is 0 Å². The fourth-order valence-electron chi connectivity index (χ4n) is 6.25. The van der Waals surface area contributed by atoms with Crippen molar-refractivity contribution in [1.82, 2.24) is 15.1 Å². The lowest BCUT2D eigenvalue weighted by molar-refractivity contribution is -0.163. The number of likely N-dealkylation sites (tertiary alicyclic amines) is 1. The molecule has 1 aromatic rings. The van der Waals surface area contributed by atoms with Crippen LogP contribution in [0.1, 0.15) is 83.1 Å². The van der Waals surface area contributed by atoms with Crippen LogP contribution in [-0.2, 0) is 20.9 Å². The molecule has 0 bridgehead atoms. The van der Waals surface area contributed by atoms with E-state index in [2.05, 4.69) is 29.3 Å². The Balaban J connectivity index is 1.30. The highest BCUT2D eigenvalue weighted by molar-refractivity contribution is 6.00. The van der Waals surface area contributed by atoms with Crippen molar-refractivity contribution in [2.75, 3.05) is 32.8 Å². The molecule has 2 amide bonds. The molecule has 1 aromatic carbocycles. The Bertz CT molecular complexity index is 847. The van der Waals surface area contributed by atoms with Crippen LogP contribution in [0.4, 0.5) is 0 Å². The molecule has 2 heterocycles. The number of unbranched alkanes of at least 4 members (excludes halogenated alkanes) is 1. The van der Waals surface area contributed by atoms with Crippen LogP contribution in [0.2, 0.25) is 0 Å². The minimum Gasteiger partial charge on any atom is -0.390 e. The Morgan fingerprint density at radius 2 is 1.72 bits per heavy atom. The fourth-order valence-corrected chi connectivity index (χ4v) is 6.25. The molecule has 1 atom stereocenters. The first kappa shape index (κ1) is 27.1. The van der Waals surface area contributed by atoms with E-state index in [1.807, 2.05) is 23.1 Å². The third-order valence-corrected chi connectivity index (χ3v) is 8.47. The first-order valence-electron chi connectivity index (χ1n) is 14.1. The second-order valence-electron chi connectivity index (χ2n) is 11.1. The number of hydrogen-bond donors (Lipinski definition) is 2. The largest absolute Gasteiger partial charge is 0.390 e. The van der Waals surface area contributed by atoms with Crippen LogP contribution < -0.4 is 5.32 Å². The van der Waals surface area contributed by atoms with E-state index in [-0.39, 0.29) is 11.8 Å². The number of ether oxygens (including phenoxy) is 1. The minimum absolute atomic E-state index is 0.00445. The molecule has 1 saturated carbocycles. The van der Waals surface area contributed by atoms with Crippen LogP contribution in [0.5, 0.6) is 0 Å². The number of rotatable bonds is 11. The number of carbonyl (C=O) groups excluding carboxylic acids is 2. The zero-order valence-electron chi connectivity index (χ0n) is 22.1. The summed E-state index contributed by atoms with van der Waals surface area (Å²) in [5.41, 5.74) is -0.400. The number of nitrogens with one attached hydrogen (secondary N) is 1. The highest BCUT2D eigenvalue weighted by atomic mass is 16.5. The van der Waals surface area contributed by atoms with Crippen LogP contribution in [0, 0.1) is 0 Å². The lowest BCUT2D eigenvalue weighted by Gasteiger charge is -2.52. The average molecular weight is 500 g/mol. The zero-order chi connectivity index (χ0) is 25.4. The molecular weight excluding hydrogens is 454 g/mol. The Morgan fingerprint density at radius 1 is 1.00 bits per heavy atom. The maximum atomic E-state index is 13.7. The van der Waals surface area contributed by atoms with Crippen molar-refractivity contribution in [3.05, 3.63) is 35.9 Å². The van der Waals surface area contributed by atoms with Gasteiger partial charge in [-0.1, -0.05) is 62.9 Å². The van der Waals surface area contributed by atoms with Crippen molar-refractivity contribution in [2.24, 2.45) is 0 Å². The van der Waals surface area contributed by atoms with Gasteiger partial charge in [0.1, 0.15) is 11.6 Å². The lowest BCUT2D eigenvalue weighted by atomic mass is 9.77. The Labute approximate surface area is 216 Å². The number of carbonyl (C=O) groups is 2. The third-order valence-electron chi connectivity index (χ3n) is 8.47. The van der Waals surface area contributed by atoms with Gasteiger partial charge in [-0.05, 0) is 44.1 Å². The van der Waals surface area contributed by atoms with Gasteiger partial charge < -0.3 is 25.0 Å². The van der Waals surface area contributed by atoms with Gasteiger partial charge in [0, 0.05) is 39.2 Å². The van der Waals surface area contributed by atoms with E-state index >= 15 is 0 Å². The number of benzene rings is 1. The van der Waals surface area contributed by atoms with Crippen molar-refractivity contribution >= 4 is 11.8 Å². The Hall–Kier alpha value is -1.96. The van der Waals surface area contributed by atoms with Gasteiger partial charge in [-0.15, -0.1) is 0 Å². The molecular formula is C29H45N3O4. The van der Waals surface area contributed by atoms with E-state index in [1.165, 1.54) is 5.56 Å². The lowest BCUT2D eigenvalue weighted by Crippen LogP contribution is -2.73. The molecule has 4 rings (SSSR count). The van der Waals surface area contributed by atoms with Crippen LogP contribution >= 0.6 is 0 Å². The normalized spacial score (nSPS) is 24.2. The smallest absolute Gasteiger partial charge is 0.246 e. The molecule has 7 nitrogen and oxygen atoms in total. The minimum atomic E-state index is -0.835. The van der Waals surface area contributed by atoms with Crippen molar-refractivity contribution < 1.29 is 19.4 Å². The first-order valence-corrected chi connectivity index (χ1v) is 14.1. The summed E-state index contributed by atoms with van der Waals surface area (Å²) in [5.74, 6) is -0.0155. The first-order chi connectivity index (χ1) is 17.5. The molecule has 2 saturated heterocycles. The van der Waals surface area contributed by atoms with Crippen molar-refractivity contribution in [3.8, 4) is 0 Å². The Kier molecular flexibility index (Phi) is 9.42. The molecule has 1 spiro atoms. The van der Waals surface area contributed by atoms with Crippen LogP contribution in [0.3, 0.4) is 0 Å². The fraction of sp³-hybridized carbons (Fsp3) is 0.724. The third kappa shape index (κ3) is 6.48. The molecule has 200 valence electrons. The molecule has 0 unspecified atom stereocenters. The van der Waals surface area contributed by atoms with Crippen LogP contribution in [0.15, 0.2) is 30.3 Å². The summed E-state index contributed by atoms with van der Waals surface area (Å²) in [5, 5.41) is 14.1. The van der Waals surface area contributed by atoms with Crippen molar-refractivity contribution in [2.45, 2.75) is 101 Å². The monoisotopic (exact) mass is 499 g/mol. The summed E-state index contributed by atoms with van der Waals surface area (Å²) in [7, 11) is 0.